The van der Waals surface area contributed by atoms with Gasteiger partial charge >= 0.3 is 0 Å². The molecule has 0 unspecified atom stereocenters. The lowest BCUT2D eigenvalue weighted by atomic mass is 10.1. The maximum Gasteiger partial charge on any atom is 0.145 e. The first kappa shape index (κ1) is 12.0. The van der Waals surface area contributed by atoms with Gasteiger partial charge in [0, 0.05) is 5.69 Å². The van der Waals surface area contributed by atoms with E-state index in [1.165, 1.54) is 0 Å². The highest BCUT2D eigenvalue weighted by Crippen LogP contribution is 2.29. The zero-order valence-corrected chi connectivity index (χ0v) is 10.4. The van der Waals surface area contributed by atoms with Crippen LogP contribution in [0.25, 0.3) is 0 Å². The summed E-state index contributed by atoms with van der Waals surface area (Å²) in [5.74, 6) is 1.29. The largest absolute Gasteiger partial charge is 0.456 e. The molecule has 0 aliphatic carbocycles. The molecule has 0 aliphatic rings. The van der Waals surface area contributed by atoms with Crippen LogP contribution in [0.3, 0.4) is 0 Å². The molecule has 3 nitrogen and oxygen atoms in total. The summed E-state index contributed by atoms with van der Waals surface area (Å²) in [5, 5.41) is 9.06. The van der Waals surface area contributed by atoms with E-state index in [1.54, 1.807) is 18.2 Å². The van der Waals surface area contributed by atoms with Crippen LogP contribution < -0.4 is 10.5 Å². The normalized spacial score (nSPS) is 9.83. The van der Waals surface area contributed by atoms with Gasteiger partial charge in [-0.2, -0.15) is 5.26 Å². The standard InChI is InChI=1S/C15H14N2O/c1-10-4-3-5-14(11(10)2)18-15-7-6-13(17)8-12(15)9-16/h3-8H,17H2,1-2H3. The summed E-state index contributed by atoms with van der Waals surface area (Å²) < 4.78 is 5.79. The van der Waals surface area contributed by atoms with Gasteiger partial charge in [0.25, 0.3) is 0 Å². The van der Waals surface area contributed by atoms with Crippen molar-refractivity contribution in [3.05, 3.63) is 53.1 Å². The fraction of sp³-hybridized carbons (Fsp3) is 0.133. The number of nitrogens with zero attached hydrogens (tertiary/aromatic N) is 1. The Morgan fingerprint density at radius 2 is 1.89 bits per heavy atom. The number of hydrogen-bond donors (Lipinski definition) is 1. The van der Waals surface area contributed by atoms with Gasteiger partial charge in [-0.15, -0.1) is 0 Å². The number of aryl methyl sites for hydroxylation is 1. The molecule has 2 aromatic carbocycles. The highest BCUT2D eigenvalue weighted by molar-refractivity contribution is 5.54. The predicted octanol–water partition coefficient (Wildman–Crippen LogP) is 3.55. The Kier molecular flexibility index (Phi) is 3.20. The van der Waals surface area contributed by atoms with Crippen LogP contribution in [0.5, 0.6) is 11.5 Å². The van der Waals surface area contributed by atoms with Gasteiger partial charge in [0.15, 0.2) is 0 Å². The van der Waals surface area contributed by atoms with Crippen molar-refractivity contribution in [1.29, 1.82) is 5.26 Å². The molecule has 0 heterocycles. The molecular formula is C15H14N2O. The number of ether oxygens (including phenoxy) is 1. The first-order valence-electron chi connectivity index (χ1n) is 5.65. The van der Waals surface area contributed by atoms with Gasteiger partial charge < -0.3 is 10.5 Å². The molecule has 0 radical (unpaired) electrons. The molecule has 0 saturated heterocycles. The molecule has 0 fully saturated rings. The predicted molar refractivity (Wildman–Crippen MR) is 71.6 cm³/mol. The van der Waals surface area contributed by atoms with Gasteiger partial charge in [0.1, 0.15) is 17.6 Å². The third-order valence-corrected chi connectivity index (χ3v) is 2.90. The van der Waals surface area contributed by atoms with Crippen LogP contribution in [-0.2, 0) is 0 Å². The van der Waals surface area contributed by atoms with Crippen LogP contribution in [0, 0.1) is 25.2 Å². The third kappa shape index (κ3) is 2.28. The summed E-state index contributed by atoms with van der Waals surface area (Å²) in [6, 6.07) is 13.0. The number of benzene rings is 2. The van der Waals surface area contributed by atoms with Crippen LogP contribution in [0.4, 0.5) is 5.69 Å². The number of nitrogens with two attached hydrogens (primary N) is 1. The van der Waals surface area contributed by atoms with Crippen molar-refractivity contribution in [2.24, 2.45) is 0 Å². The van der Waals surface area contributed by atoms with Crippen molar-refractivity contribution in [2.45, 2.75) is 13.8 Å². The fourth-order valence-corrected chi connectivity index (χ4v) is 1.68. The number of anilines is 1. The zero-order chi connectivity index (χ0) is 13.1. The van der Waals surface area contributed by atoms with Crippen molar-refractivity contribution in [3.63, 3.8) is 0 Å². The topological polar surface area (TPSA) is 59.0 Å². The molecule has 0 spiro atoms. The monoisotopic (exact) mass is 238 g/mol. The molecule has 2 aromatic rings. The third-order valence-electron chi connectivity index (χ3n) is 2.90. The van der Waals surface area contributed by atoms with Crippen LogP contribution >= 0.6 is 0 Å². The van der Waals surface area contributed by atoms with Gasteiger partial charge in [0.2, 0.25) is 0 Å². The van der Waals surface area contributed by atoms with Crippen molar-refractivity contribution in [2.75, 3.05) is 5.73 Å². The summed E-state index contributed by atoms with van der Waals surface area (Å²) in [7, 11) is 0. The van der Waals surface area contributed by atoms with Gasteiger partial charge in [-0.25, -0.2) is 0 Å². The Morgan fingerprint density at radius 3 is 2.61 bits per heavy atom. The van der Waals surface area contributed by atoms with E-state index >= 15 is 0 Å². The Balaban J connectivity index is 2.41. The van der Waals surface area contributed by atoms with E-state index in [-0.39, 0.29) is 0 Å². The van der Waals surface area contributed by atoms with Crippen LogP contribution in [0.1, 0.15) is 16.7 Å². The van der Waals surface area contributed by atoms with Gasteiger partial charge in [-0.1, -0.05) is 12.1 Å². The molecule has 0 aliphatic heterocycles. The summed E-state index contributed by atoms with van der Waals surface area (Å²) >= 11 is 0. The van der Waals surface area contributed by atoms with Crippen molar-refractivity contribution in [3.8, 4) is 17.6 Å². The lowest BCUT2D eigenvalue weighted by Crippen LogP contribution is -1.93. The molecule has 18 heavy (non-hydrogen) atoms. The second-order valence-corrected chi connectivity index (χ2v) is 4.17. The van der Waals surface area contributed by atoms with Crippen molar-refractivity contribution >= 4 is 5.69 Å². The summed E-state index contributed by atoms with van der Waals surface area (Å²) in [4.78, 5) is 0. The number of nitrogen functional groups attached to an aromatic ring is 1. The van der Waals surface area contributed by atoms with Crippen molar-refractivity contribution < 1.29 is 4.74 Å². The average Bonchev–Trinajstić information content (AvgIpc) is 2.37. The Hall–Kier alpha value is -2.47. The Labute approximate surface area is 106 Å². The highest BCUT2D eigenvalue weighted by atomic mass is 16.5. The Bertz CT molecular complexity index is 627. The van der Waals surface area contributed by atoms with Gasteiger partial charge in [-0.3, -0.25) is 0 Å². The summed E-state index contributed by atoms with van der Waals surface area (Å²) in [6.45, 7) is 4.02. The van der Waals surface area contributed by atoms with E-state index in [9.17, 15) is 0 Å². The Morgan fingerprint density at radius 1 is 1.11 bits per heavy atom. The fourth-order valence-electron chi connectivity index (χ4n) is 1.68. The number of nitriles is 1. The number of hydrogen-bond acceptors (Lipinski definition) is 3. The second kappa shape index (κ2) is 4.80. The first-order chi connectivity index (χ1) is 8.61. The average molecular weight is 238 g/mol. The number of rotatable bonds is 2. The van der Waals surface area contributed by atoms with E-state index in [0.29, 0.717) is 17.0 Å². The molecular weight excluding hydrogens is 224 g/mol. The molecule has 0 saturated carbocycles. The molecule has 2 rings (SSSR count). The van der Waals surface area contributed by atoms with Crippen LogP contribution in [0.2, 0.25) is 0 Å². The SMILES string of the molecule is Cc1cccc(Oc2ccc(N)cc2C#N)c1C. The molecule has 0 amide bonds. The molecule has 0 atom stereocenters. The molecule has 0 bridgehead atoms. The summed E-state index contributed by atoms with van der Waals surface area (Å²) in [5.41, 5.74) is 8.86. The zero-order valence-electron chi connectivity index (χ0n) is 10.4. The van der Waals surface area contributed by atoms with E-state index in [4.69, 9.17) is 15.7 Å². The lowest BCUT2D eigenvalue weighted by Gasteiger charge is -2.11. The minimum Gasteiger partial charge on any atom is -0.456 e. The smallest absolute Gasteiger partial charge is 0.145 e. The maximum absolute atomic E-state index is 9.06. The summed E-state index contributed by atoms with van der Waals surface area (Å²) in [6.07, 6.45) is 0. The second-order valence-electron chi connectivity index (χ2n) is 4.17. The maximum atomic E-state index is 9.06. The molecule has 3 heteroatoms. The highest BCUT2D eigenvalue weighted by Gasteiger charge is 2.07. The quantitative estimate of drug-likeness (QED) is 0.814. The van der Waals surface area contributed by atoms with Crippen LogP contribution in [-0.4, -0.2) is 0 Å². The lowest BCUT2D eigenvalue weighted by molar-refractivity contribution is 0.477. The van der Waals surface area contributed by atoms with E-state index in [0.717, 1.165) is 16.9 Å². The van der Waals surface area contributed by atoms with E-state index in [2.05, 4.69) is 6.07 Å². The van der Waals surface area contributed by atoms with Gasteiger partial charge in [0.05, 0.1) is 5.56 Å². The molecule has 2 N–H and O–H groups in total. The molecule has 0 aromatic heterocycles. The van der Waals surface area contributed by atoms with Crippen LogP contribution in [0.15, 0.2) is 36.4 Å². The van der Waals surface area contributed by atoms with E-state index in [1.807, 2.05) is 32.0 Å². The first-order valence-corrected chi connectivity index (χ1v) is 5.65. The minimum absolute atomic E-state index is 0.441. The van der Waals surface area contributed by atoms with E-state index < -0.39 is 0 Å². The minimum atomic E-state index is 0.441. The molecule has 90 valence electrons. The van der Waals surface area contributed by atoms with Crippen molar-refractivity contribution in [1.82, 2.24) is 0 Å². The van der Waals surface area contributed by atoms with Gasteiger partial charge in [-0.05, 0) is 49.2 Å².